The van der Waals surface area contributed by atoms with Crippen LogP contribution >= 0.6 is 0 Å². The second-order valence-corrected chi connectivity index (χ2v) is 3.79. The third-order valence-electron chi connectivity index (χ3n) is 2.81. The van der Waals surface area contributed by atoms with Crippen molar-refractivity contribution in [2.75, 3.05) is 0 Å². The Morgan fingerprint density at radius 3 is 2.45 bits per heavy atom. The van der Waals surface area contributed by atoms with Crippen molar-refractivity contribution in [1.82, 2.24) is 0 Å². The lowest BCUT2D eigenvalue weighted by molar-refractivity contribution is 0.520. The first-order valence-corrected chi connectivity index (χ1v) is 4.96. The number of rotatable bonds is 4. The number of hydrogen-bond acceptors (Lipinski definition) is 0. The molecule has 3 unspecified atom stereocenters. The Morgan fingerprint density at radius 1 is 1.45 bits per heavy atom. The summed E-state index contributed by atoms with van der Waals surface area (Å²) in [6.07, 6.45) is 8.73. The van der Waals surface area contributed by atoms with Crippen LogP contribution in [0.2, 0.25) is 0 Å². The van der Waals surface area contributed by atoms with Crippen LogP contribution in [0.15, 0.2) is 12.2 Å². The molecule has 0 nitrogen and oxygen atoms in total. The zero-order valence-corrected chi connectivity index (χ0v) is 8.01. The Morgan fingerprint density at radius 2 is 2.09 bits per heavy atom. The average Bonchev–Trinajstić information content (AvgIpc) is 2.69. The van der Waals surface area contributed by atoms with E-state index in [0.717, 1.165) is 17.8 Å². The van der Waals surface area contributed by atoms with Crippen molar-refractivity contribution in [3.05, 3.63) is 12.2 Å². The highest BCUT2D eigenvalue weighted by Crippen LogP contribution is 2.45. The van der Waals surface area contributed by atoms with Crippen LogP contribution in [0.5, 0.6) is 0 Å². The van der Waals surface area contributed by atoms with Crippen LogP contribution in [0.4, 0.5) is 0 Å². The molecule has 1 aliphatic rings. The Bertz CT molecular complexity index is 135. The average molecular weight is 152 g/mol. The molecular formula is C11H20. The second-order valence-electron chi connectivity index (χ2n) is 3.79. The minimum absolute atomic E-state index is 0.880. The van der Waals surface area contributed by atoms with Gasteiger partial charge in [-0.1, -0.05) is 32.9 Å². The molecule has 0 bridgehead atoms. The predicted molar refractivity (Wildman–Crippen MR) is 50.5 cm³/mol. The first-order chi connectivity index (χ1) is 5.29. The maximum Gasteiger partial charge on any atom is -0.0205 e. The Labute approximate surface area is 70.7 Å². The fraction of sp³-hybridized carbons (Fsp3) is 0.818. The van der Waals surface area contributed by atoms with Crippen LogP contribution in [0.25, 0.3) is 0 Å². The molecule has 0 heteroatoms. The number of hydrogen-bond donors (Lipinski definition) is 0. The summed E-state index contributed by atoms with van der Waals surface area (Å²) in [5.74, 6) is 2.90. The molecule has 0 aromatic heterocycles. The van der Waals surface area contributed by atoms with Crippen molar-refractivity contribution in [1.29, 1.82) is 0 Å². The summed E-state index contributed by atoms with van der Waals surface area (Å²) >= 11 is 0. The Kier molecular flexibility index (Phi) is 3.16. The van der Waals surface area contributed by atoms with Gasteiger partial charge in [0, 0.05) is 0 Å². The monoisotopic (exact) mass is 152 g/mol. The van der Waals surface area contributed by atoms with Crippen molar-refractivity contribution in [2.45, 2.75) is 40.0 Å². The molecule has 0 aliphatic heterocycles. The fourth-order valence-electron chi connectivity index (χ4n) is 1.84. The minimum Gasteiger partial charge on any atom is -0.0885 e. The van der Waals surface area contributed by atoms with Crippen molar-refractivity contribution in [3.63, 3.8) is 0 Å². The summed E-state index contributed by atoms with van der Waals surface area (Å²) in [6.45, 7) is 6.88. The molecule has 11 heavy (non-hydrogen) atoms. The largest absolute Gasteiger partial charge is 0.0885 e. The van der Waals surface area contributed by atoms with E-state index < -0.39 is 0 Å². The van der Waals surface area contributed by atoms with E-state index in [2.05, 4.69) is 32.9 Å². The van der Waals surface area contributed by atoms with Gasteiger partial charge in [0.1, 0.15) is 0 Å². The molecule has 1 rings (SSSR count). The van der Waals surface area contributed by atoms with Gasteiger partial charge in [0.2, 0.25) is 0 Å². The van der Waals surface area contributed by atoms with E-state index in [4.69, 9.17) is 0 Å². The molecule has 1 saturated carbocycles. The topological polar surface area (TPSA) is 0 Å². The van der Waals surface area contributed by atoms with Gasteiger partial charge in [0.25, 0.3) is 0 Å². The lowest BCUT2D eigenvalue weighted by Crippen LogP contribution is -1.97. The van der Waals surface area contributed by atoms with Crippen molar-refractivity contribution in [2.24, 2.45) is 17.8 Å². The van der Waals surface area contributed by atoms with E-state index in [1.807, 2.05) is 0 Å². The van der Waals surface area contributed by atoms with Crippen LogP contribution in [-0.2, 0) is 0 Å². The third kappa shape index (κ3) is 2.36. The van der Waals surface area contributed by atoms with Gasteiger partial charge in [-0.15, -0.1) is 0 Å². The van der Waals surface area contributed by atoms with Gasteiger partial charge in [-0.2, -0.15) is 0 Å². The van der Waals surface area contributed by atoms with E-state index in [9.17, 15) is 0 Å². The zero-order chi connectivity index (χ0) is 8.27. The van der Waals surface area contributed by atoms with Crippen molar-refractivity contribution in [3.8, 4) is 0 Å². The highest BCUT2D eigenvalue weighted by Gasteiger charge is 2.36. The van der Waals surface area contributed by atoms with Gasteiger partial charge in [-0.25, -0.2) is 0 Å². The summed E-state index contributed by atoms with van der Waals surface area (Å²) in [5.41, 5.74) is 0. The van der Waals surface area contributed by atoms with Gasteiger partial charge >= 0.3 is 0 Å². The van der Waals surface area contributed by atoms with Crippen LogP contribution in [0.1, 0.15) is 40.0 Å². The normalized spacial score (nSPS) is 32.6. The summed E-state index contributed by atoms with van der Waals surface area (Å²) in [4.78, 5) is 0. The highest BCUT2D eigenvalue weighted by molar-refractivity contribution is 4.98. The standard InChI is InChI=1S/C11H20/c1-4-6-7-10(5-2)11-8-9(11)3/h6-7,9-11H,4-5,8H2,1-3H3. The first-order valence-electron chi connectivity index (χ1n) is 4.96. The van der Waals surface area contributed by atoms with Gasteiger partial charge in [0.05, 0.1) is 0 Å². The van der Waals surface area contributed by atoms with Crippen LogP contribution in [0, 0.1) is 17.8 Å². The van der Waals surface area contributed by atoms with E-state index in [-0.39, 0.29) is 0 Å². The molecule has 0 heterocycles. The van der Waals surface area contributed by atoms with Crippen molar-refractivity contribution >= 4 is 0 Å². The second kappa shape index (κ2) is 3.94. The Balaban J connectivity index is 2.31. The van der Waals surface area contributed by atoms with Crippen LogP contribution in [-0.4, -0.2) is 0 Å². The smallest absolute Gasteiger partial charge is 0.0205 e. The van der Waals surface area contributed by atoms with Gasteiger partial charge in [0.15, 0.2) is 0 Å². The number of allylic oxidation sites excluding steroid dienone is 2. The minimum atomic E-state index is 0.880. The molecule has 0 radical (unpaired) electrons. The maximum atomic E-state index is 2.42. The SMILES string of the molecule is CCC=CC(CC)C1CC1C. The Hall–Kier alpha value is -0.260. The lowest BCUT2D eigenvalue weighted by atomic mass is 9.98. The molecule has 64 valence electrons. The van der Waals surface area contributed by atoms with Crippen LogP contribution < -0.4 is 0 Å². The van der Waals surface area contributed by atoms with Gasteiger partial charge in [-0.3, -0.25) is 0 Å². The third-order valence-corrected chi connectivity index (χ3v) is 2.81. The molecule has 0 spiro atoms. The molecular weight excluding hydrogens is 132 g/mol. The lowest BCUT2D eigenvalue weighted by Gasteiger charge is -2.07. The molecule has 0 amide bonds. The van der Waals surface area contributed by atoms with Gasteiger partial charge < -0.3 is 0 Å². The summed E-state index contributed by atoms with van der Waals surface area (Å²) in [7, 11) is 0. The predicted octanol–water partition coefficient (Wildman–Crippen LogP) is 3.63. The first kappa shape index (κ1) is 8.83. The molecule has 0 aromatic carbocycles. The van der Waals surface area contributed by atoms with Crippen molar-refractivity contribution < 1.29 is 0 Å². The van der Waals surface area contributed by atoms with Gasteiger partial charge in [-0.05, 0) is 37.0 Å². The summed E-state index contributed by atoms with van der Waals surface area (Å²) in [5, 5.41) is 0. The molecule has 1 aliphatic carbocycles. The summed E-state index contributed by atoms with van der Waals surface area (Å²) < 4.78 is 0. The van der Waals surface area contributed by atoms with E-state index >= 15 is 0 Å². The quantitative estimate of drug-likeness (QED) is 0.539. The summed E-state index contributed by atoms with van der Waals surface area (Å²) in [6, 6.07) is 0. The molecule has 3 atom stereocenters. The fourth-order valence-corrected chi connectivity index (χ4v) is 1.84. The molecule has 0 aromatic rings. The van der Waals surface area contributed by atoms with E-state index in [0.29, 0.717) is 0 Å². The zero-order valence-electron chi connectivity index (χ0n) is 8.01. The highest BCUT2D eigenvalue weighted by atomic mass is 14.4. The maximum absolute atomic E-state index is 2.42. The molecule has 0 N–H and O–H groups in total. The molecule has 1 fully saturated rings. The van der Waals surface area contributed by atoms with E-state index in [1.165, 1.54) is 19.3 Å². The van der Waals surface area contributed by atoms with Crippen LogP contribution in [0.3, 0.4) is 0 Å². The van der Waals surface area contributed by atoms with E-state index in [1.54, 1.807) is 0 Å². The molecule has 0 saturated heterocycles.